The molecule has 118 valence electrons. The van der Waals surface area contributed by atoms with Gasteiger partial charge in [0.25, 0.3) is 0 Å². The van der Waals surface area contributed by atoms with Crippen LogP contribution in [0.5, 0.6) is 0 Å². The number of anilines is 1. The second-order valence-electron chi connectivity index (χ2n) is 5.77. The van der Waals surface area contributed by atoms with Crippen LogP contribution in [0, 0.1) is 6.92 Å². The molecule has 2 aromatic rings. The molecule has 0 aliphatic carbocycles. The molecule has 23 heavy (non-hydrogen) atoms. The highest BCUT2D eigenvalue weighted by Crippen LogP contribution is 2.36. The van der Waals surface area contributed by atoms with Crippen molar-refractivity contribution in [2.75, 3.05) is 11.4 Å². The lowest BCUT2D eigenvalue weighted by Gasteiger charge is -2.18. The summed E-state index contributed by atoms with van der Waals surface area (Å²) in [6, 6.07) is 10.9. The predicted molar refractivity (Wildman–Crippen MR) is 89.9 cm³/mol. The number of amides is 1. The van der Waals surface area contributed by atoms with E-state index in [4.69, 9.17) is 5.11 Å². The van der Waals surface area contributed by atoms with Gasteiger partial charge in [-0.1, -0.05) is 25.1 Å². The SMILES string of the molecule is CCC(=O)N1CCc2c1ccc(-c1ccc(C(=O)O)cc1)c2C. The number of carbonyl (C=O) groups is 2. The van der Waals surface area contributed by atoms with Gasteiger partial charge in [-0.2, -0.15) is 0 Å². The third kappa shape index (κ3) is 2.61. The van der Waals surface area contributed by atoms with Gasteiger partial charge in [0.05, 0.1) is 5.56 Å². The van der Waals surface area contributed by atoms with E-state index >= 15 is 0 Å². The Labute approximate surface area is 135 Å². The van der Waals surface area contributed by atoms with Crippen LogP contribution in [-0.2, 0) is 11.2 Å². The maximum Gasteiger partial charge on any atom is 0.335 e. The summed E-state index contributed by atoms with van der Waals surface area (Å²) >= 11 is 0. The minimum absolute atomic E-state index is 0.154. The molecule has 0 saturated heterocycles. The molecule has 1 N–H and O–H groups in total. The van der Waals surface area contributed by atoms with Crippen molar-refractivity contribution in [2.45, 2.75) is 26.7 Å². The van der Waals surface area contributed by atoms with Gasteiger partial charge in [-0.15, -0.1) is 0 Å². The highest BCUT2D eigenvalue weighted by molar-refractivity contribution is 5.96. The zero-order chi connectivity index (χ0) is 16.6. The molecule has 4 nitrogen and oxygen atoms in total. The van der Waals surface area contributed by atoms with Crippen molar-refractivity contribution in [3.8, 4) is 11.1 Å². The average molecular weight is 309 g/mol. The second-order valence-corrected chi connectivity index (χ2v) is 5.77. The van der Waals surface area contributed by atoms with Crippen molar-refractivity contribution in [3.63, 3.8) is 0 Å². The number of carboxylic acids is 1. The first kappa shape index (κ1) is 15.3. The van der Waals surface area contributed by atoms with Gasteiger partial charge in [0.1, 0.15) is 0 Å². The van der Waals surface area contributed by atoms with Crippen LogP contribution in [0.1, 0.15) is 34.8 Å². The zero-order valence-corrected chi connectivity index (χ0v) is 13.3. The summed E-state index contributed by atoms with van der Waals surface area (Å²) in [5, 5.41) is 8.99. The molecule has 0 fully saturated rings. The van der Waals surface area contributed by atoms with Crippen LogP contribution < -0.4 is 4.90 Å². The van der Waals surface area contributed by atoms with Crippen LogP contribution in [0.25, 0.3) is 11.1 Å². The molecule has 0 bridgehead atoms. The third-order valence-electron chi connectivity index (χ3n) is 4.50. The van der Waals surface area contributed by atoms with Crippen LogP contribution in [-0.4, -0.2) is 23.5 Å². The first-order chi connectivity index (χ1) is 11.0. The number of nitrogens with zero attached hydrogens (tertiary/aromatic N) is 1. The van der Waals surface area contributed by atoms with Crippen LogP contribution in [0.3, 0.4) is 0 Å². The summed E-state index contributed by atoms with van der Waals surface area (Å²) in [5.41, 5.74) is 5.76. The Morgan fingerprint density at radius 3 is 2.43 bits per heavy atom. The fraction of sp³-hybridized carbons (Fsp3) is 0.263. The molecule has 1 aliphatic heterocycles. The number of rotatable bonds is 3. The molecule has 0 unspecified atom stereocenters. The van der Waals surface area contributed by atoms with E-state index in [9.17, 15) is 9.59 Å². The van der Waals surface area contributed by atoms with E-state index in [0.717, 1.165) is 35.3 Å². The summed E-state index contributed by atoms with van der Waals surface area (Å²) < 4.78 is 0. The van der Waals surface area contributed by atoms with E-state index in [1.54, 1.807) is 12.1 Å². The number of hydrogen-bond acceptors (Lipinski definition) is 2. The van der Waals surface area contributed by atoms with Crippen molar-refractivity contribution < 1.29 is 14.7 Å². The fourth-order valence-corrected chi connectivity index (χ4v) is 3.21. The van der Waals surface area contributed by atoms with Gasteiger partial charge in [-0.25, -0.2) is 4.79 Å². The van der Waals surface area contributed by atoms with Gasteiger partial charge >= 0.3 is 5.97 Å². The Hall–Kier alpha value is -2.62. The lowest BCUT2D eigenvalue weighted by atomic mass is 9.94. The third-order valence-corrected chi connectivity index (χ3v) is 4.50. The number of carbonyl (C=O) groups excluding carboxylic acids is 1. The topological polar surface area (TPSA) is 57.6 Å². The number of hydrogen-bond donors (Lipinski definition) is 1. The molecule has 0 radical (unpaired) electrons. The number of fused-ring (bicyclic) bond motifs is 1. The Bertz CT molecular complexity index is 778. The minimum atomic E-state index is -0.920. The normalized spacial score (nSPS) is 13.0. The molecular weight excluding hydrogens is 290 g/mol. The van der Waals surface area contributed by atoms with Crippen LogP contribution in [0.4, 0.5) is 5.69 Å². The van der Waals surface area contributed by atoms with E-state index < -0.39 is 5.97 Å². The molecule has 1 aliphatic rings. The maximum absolute atomic E-state index is 12.0. The zero-order valence-electron chi connectivity index (χ0n) is 13.3. The largest absolute Gasteiger partial charge is 0.478 e. The van der Waals surface area contributed by atoms with Gasteiger partial charge in [0, 0.05) is 18.7 Å². The summed E-state index contributed by atoms with van der Waals surface area (Å²) in [6.07, 6.45) is 1.38. The lowest BCUT2D eigenvalue weighted by Crippen LogP contribution is -2.27. The van der Waals surface area contributed by atoms with Crippen molar-refractivity contribution in [3.05, 3.63) is 53.1 Å². The molecule has 2 aromatic carbocycles. The van der Waals surface area contributed by atoms with Gasteiger partial charge in [0.15, 0.2) is 0 Å². The van der Waals surface area contributed by atoms with E-state index in [1.165, 1.54) is 5.56 Å². The highest BCUT2D eigenvalue weighted by Gasteiger charge is 2.25. The second kappa shape index (κ2) is 5.88. The summed E-state index contributed by atoms with van der Waals surface area (Å²) in [4.78, 5) is 24.8. The quantitative estimate of drug-likeness (QED) is 0.941. The molecular formula is C19H19NO3. The van der Waals surface area contributed by atoms with Gasteiger partial charge < -0.3 is 10.0 Å². The summed E-state index contributed by atoms with van der Waals surface area (Å²) in [5.74, 6) is -0.766. The van der Waals surface area contributed by atoms with E-state index in [2.05, 4.69) is 6.92 Å². The highest BCUT2D eigenvalue weighted by atomic mass is 16.4. The standard InChI is InChI=1S/C19H19NO3/c1-3-18(21)20-11-10-16-12(2)15(8-9-17(16)20)13-4-6-14(7-5-13)19(22)23/h4-9H,3,10-11H2,1-2H3,(H,22,23). The molecule has 3 rings (SSSR count). The van der Waals surface area contributed by atoms with E-state index in [-0.39, 0.29) is 11.5 Å². The number of carboxylic acid groups (broad SMARTS) is 1. The predicted octanol–water partition coefficient (Wildman–Crippen LogP) is 3.66. The van der Waals surface area contributed by atoms with Crippen LogP contribution in [0.15, 0.2) is 36.4 Å². The van der Waals surface area contributed by atoms with Crippen molar-refractivity contribution in [1.29, 1.82) is 0 Å². The molecule has 1 heterocycles. The van der Waals surface area contributed by atoms with E-state index in [0.29, 0.717) is 6.42 Å². The summed E-state index contributed by atoms with van der Waals surface area (Å²) in [7, 11) is 0. The first-order valence-corrected chi connectivity index (χ1v) is 7.79. The van der Waals surface area contributed by atoms with E-state index in [1.807, 2.05) is 36.1 Å². The van der Waals surface area contributed by atoms with Gasteiger partial charge in [0.2, 0.25) is 5.91 Å². The Balaban J connectivity index is 2.00. The van der Waals surface area contributed by atoms with Gasteiger partial charge in [-0.3, -0.25) is 4.79 Å². The molecule has 4 heteroatoms. The Morgan fingerprint density at radius 2 is 1.83 bits per heavy atom. The fourth-order valence-electron chi connectivity index (χ4n) is 3.21. The van der Waals surface area contributed by atoms with Crippen molar-refractivity contribution in [2.24, 2.45) is 0 Å². The Kier molecular flexibility index (Phi) is 3.90. The molecule has 0 spiro atoms. The molecule has 1 amide bonds. The molecule has 0 saturated carbocycles. The summed E-state index contributed by atoms with van der Waals surface area (Å²) in [6.45, 7) is 4.69. The molecule has 0 atom stereocenters. The van der Waals surface area contributed by atoms with Crippen LogP contribution >= 0.6 is 0 Å². The minimum Gasteiger partial charge on any atom is -0.478 e. The number of benzene rings is 2. The van der Waals surface area contributed by atoms with Crippen molar-refractivity contribution >= 4 is 17.6 Å². The average Bonchev–Trinajstić information content (AvgIpc) is 2.99. The molecule has 0 aromatic heterocycles. The lowest BCUT2D eigenvalue weighted by molar-refractivity contribution is -0.118. The smallest absolute Gasteiger partial charge is 0.335 e. The Morgan fingerprint density at radius 1 is 1.13 bits per heavy atom. The number of aromatic carboxylic acids is 1. The van der Waals surface area contributed by atoms with Crippen LogP contribution in [0.2, 0.25) is 0 Å². The van der Waals surface area contributed by atoms with Crippen molar-refractivity contribution in [1.82, 2.24) is 0 Å². The monoisotopic (exact) mass is 309 g/mol. The van der Waals surface area contributed by atoms with Gasteiger partial charge in [-0.05, 0) is 53.8 Å². The first-order valence-electron chi connectivity index (χ1n) is 7.79. The maximum atomic E-state index is 12.0.